The molecule has 0 amide bonds. The van der Waals surface area contributed by atoms with E-state index < -0.39 is 6.10 Å². The van der Waals surface area contributed by atoms with Crippen LogP contribution in [0.1, 0.15) is 18.9 Å². The molecule has 0 aromatic heterocycles. The number of hydrogen-bond acceptors (Lipinski definition) is 4. The number of para-hydroxylation sites is 1. The van der Waals surface area contributed by atoms with E-state index in [9.17, 15) is 5.11 Å². The average Bonchev–Trinajstić information content (AvgIpc) is 2.62. The topological polar surface area (TPSA) is 41.9 Å². The quantitative estimate of drug-likeness (QED) is 0.726. The molecule has 0 spiro atoms. The predicted molar refractivity (Wildman–Crippen MR) is 96.5 cm³/mol. The highest BCUT2D eigenvalue weighted by Gasteiger charge is 2.12. The molecule has 1 atom stereocenters. The maximum atomic E-state index is 10.3. The summed E-state index contributed by atoms with van der Waals surface area (Å²) in [5.74, 6) is 1.64. The Hall–Kier alpha value is -2.04. The second kappa shape index (κ2) is 9.96. The fourth-order valence-corrected chi connectivity index (χ4v) is 2.60. The summed E-state index contributed by atoms with van der Waals surface area (Å²) in [6, 6.07) is 17.7. The first-order valence-electron chi connectivity index (χ1n) is 8.42. The molecule has 4 nitrogen and oxygen atoms in total. The van der Waals surface area contributed by atoms with E-state index in [1.165, 1.54) is 5.56 Å². The number of methoxy groups -OCH3 is 1. The molecule has 0 saturated carbocycles. The van der Waals surface area contributed by atoms with Gasteiger partial charge in [0, 0.05) is 13.1 Å². The normalized spacial score (nSPS) is 12.2. The molecule has 2 rings (SSSR count). The molecule has 0 radical (unpaired) electrons. The summed E-state index contributed by atoms with van der Waals surface area (Å²) >= 11 is 0. The molecule has 0 aliphatic heterocycles. The van der Waals surface area contributed by atoms with Gasteiger partial charge in [0.25, 0.3) is 0 Å². The Balaban J connectivity index is 1.84. The summed E-state index contributed by atoms with van der Waals surface area (Å²) in [6.45, 7) is 4.78. The Morgan fingerprint density at radius 3 is 2.33 bits per heavy atom. The fourth-order valence-electron chi connectivity index (χ4n) is 2.60. The first-order chi connectivity index (χ1) is 11.7. The lowest BCUT2D eigenvalue weighted by Gasteiger charge is -2.25. The first kappa shape index (κ1) is 18.3. The maximum absolute atomic E-state index is 10.3. The van der Waals surface area contributed by atoms with Crippen LogP contribution < -0.4 is 9.47 Å². The van der Waals surface area contributed by atoms with Crippen molar-refractivity contribution in [2.24, 2.45) is 0 Å². The molecule has 24 heavy (non-hydrogen) atoms. The Labute approximate surface area is 144 Å². The minimum atomic E-state index is -0.519. The van der Waals surface area contributed by atoms with Gasteiger partial charge in [0.2, 0.25) is 0 Å². The summed E-state index contributed by atoms with van der Waals surface area (Å²) in [5.41, 5.74) is 1.21. The van der Waals surface area contributed by atoms with Crippen molar-refractivity contribution in [3.8, 4) is 11.5 Å². The molecule has 1 N–H and O–H groups in total. The van der Waals surface area contributed by atoms with E-state index >= 15 is 0 Å². The van der Waals surface area contributed by atoms with Crippen LogP contribution >= 0.6 is 0 Å². The monoisotopic (exact) mass is 329 g/mol. The van der Waals surface area contributed by atoms with Gasteiger partial charge in [-0.2, -0.15) is 0 Å². The molecular formula is C20H27NO3. The van der Waals surface area contributed by atoms with E-state index in [1.807, 2.05) is 42.5 Å². The van der Waals surface area contributed by atoms with Crippen molar-refractivity contribution in [3.05, 3.63) is 60.2 Å². The second-order valence-corrected chi connectivity index (χ2v) is 5.86. The van der Waals surface area contributed by atoms with Crippen LogP contribution in [0.3, 0.4) is 0 Å². The van der Waals surface area contributed by atoms with Crippen LogP contribution in [0, 0.1) is 0 Å². The summed E-state index contributed by atoms with van der Waals surface area (Å²) in [7, 11) is 1.67. The number of ether oxygens (including phenoxy) is 2. The number of nitrogens with zero attached hydrogens (tertiary/aromatic N) is 1. The number of aliphatic hydroxyl groups is 1. The van der Waals surface area contributed by atoms with Gasteiger partial charge in [-0.3, -0.25) is 4.90 Å². The maximum Gasteiger partial charge on any atom is 0.119 e. The standard InChI is InChI=1S/C20H27NO3/c1-3-13-21(14-17-9-11-19(23-2)12-10-17)15-18(22)16-24-20-7-5-4-6-8-20/h4-12,18,22H,3,13-16H2,1-2H3/t18-/m0/s1. The largest absolute Gasteiger partial charge is 0.497 e. The molecular weight excluding hydrogens is 302 g/mol. The van der Waals surface area contributed by atoms with Crippen LogP contribution in [-0.4, -0.2) is 42.9 Å². The summed E-state index contributed by atoms with van der Waals surface area (Å²) in [5, 5.41) is 10.3. The zero-order valence-corrected chi connectivity index (χ0v) is 14.5. The lowest BCUT2D eigenvalue weighted by Crippen LogP contribution is -2.35. The number of rotatable bonds is 10. The highest BCUT2D eigenvalue weighted by Crippen LogP contribution is 2.14. The van der Waals surface area contributed by atoms with E-state index in [1.54, 1.807) is 7.11 Å². The number of benzene rings is 2. The Morgan fingerprint density at radius 2 is 1.71 bits per heavy atom. The third kappa shape index (κ3) is 6.22. The second-order valence-electron chi connectivity index (χ2n) is 5.86. The molecule has 0 unspecified atom stereocenters. The zero-order valence-electron chi connectivity index (χ0n) is 14.5. The van der Waals surface area contributed by atoms with Crippen LogP contribution in [0.4, 0.5) is 0 Å². The smallest absolute Gasteiger partial charge is 0.119 e. The van der Waals surface area contributed by atoms with Crippen LogP contribution in [0.15, 0.2) is 54.6 Å². The Kier molecular flexibility index (Phi) is 7.59. The van der Waals surface area contributed by atoms with Crippen molar-refractivity contribution in [2.45, 2.75) is 26.0 Å². The van der Waals surface area contributed by atoms with Gasteiger partial charge in [-0.1, -0.05) is 37.3 Å². The Bertz CT molecular complexity index is 571. The number of aliphatic hydroxyl groups excluding tert-OH is 1. The lowest BCUT2D eigenvalue weighted by atomic mass is 10.2. The molecule has 0 saturated heterocycles. The summed E-state index contributed by atoms with van der Waals surface area (Å²) in [6.07, 6.45) is 0.526. The van der Waals surface area contributed by atoms with Gasteiger partial charge in [-0.05, 0) is 42.8 Å². The predicted octanol–water partition coefficient (Wildman–Crippen LogP) is 3.35. The van der Waals surface area contributed by atoms with Gasteiger partial charge in [-0.15, -0.1) is 0 Å². The minimum absolute atomic E-state index is 0.298. The zero-order chi connectivity index (χ0) is 17.2. The molecule has 2 aromatic carbocycles. The molecule has 0 aliphatic carbocycles. The van der Waals surface area contributed by atoms with Crippen LogP contribution in [0.5, 0.6) is 11.5 Å². The fraction of sp³-hybridized carbons (Fsp3) is 0.400. The van der Waals surface area contributed by atoms with Crippen LogP contribution in [0.25, 0.3) is 0 Å². The molecule has 0 bridgehead atoms. The average molecular weight is 329 g/mol. The minimum Gasteiger partial charge on any atom is -0.497 e. The van der Waals surface area contributed by atoms with Crippen molar-refractivity contribution in [2.75, 3.05) is 26.8 Å². The van der Waals surface area contributed by atoms with Gasteiger partial charge in [-0.25, -0.2) is 0 Å². The van der Waals surface area contributed by atoms with E-state index in [4.69, 9.17) is 9.47 Å². The third-order valence-electron chi connectivity index (χ3n) is 3.76. The van der Waals surface area contributed by atoms with Gasteiger partial charge in [0.05, 0.1) is 7.11 Å². The SMILES string of the molecule is CCCN(Cc1ccc(OC)cc1)C[C@H](O)COc1ccccc1. The highest BCUT2D eigenvalue weighted by molar-refractivity contribution is 5.27. The van der Waals surface area contributed by atoms with Gasteiger partial charge in [0.1, 0.15) is 24.2 Å². The molecule has 0 fully saturated rings. The summed E-state index contributed by atoms with van der Waals surface area (Å²) < 4.78 is 10.8. The number of hydrogen-bond donors (Lipinski definition) is 1. The summed E-state index contributed by atoms with van der Waals surface area (Å²) in [4.78, 5) is 2.25. The third-order valence-corrected chi connectivity index (χ3v) is 3.76. The van der Waals surface area contributed by atoms with Crippen LogP contribution in [-0.2, 0) is 6.54 Å². The van der Waals surface area contributed by atoms with Crippen molar-refractivity contribution in [1.82, 2.24) is 4.90 Å². The van der Waals surface area contributed by atoms with E-state index in [2.05, 4.69) is 24.0 Å². The molecule has 2 aromatic rings. The van der Waals surface area contributed by atoms with Crippen molar-refractivity contribution < 1.29 is 14.6 Å². The van der Waals surface area contributed by atoms with E-state index in [0.29, 0.717) is 13.2 Å². The van der Waals surface area contributed by atoms with Crippen LogP contribution in [0.2, 0.25) is 0 Å². The van der Waals surface area contributed by atoms with Crippen molar-refractivity contribution >= 4 is 0 Å². The van der Waals surface area contributed by atoms with Gasteiger partial charge >= 0.3 is 0 Å². The molecule has 0 aliphatic rings. The Morgan fingerprint density at radius 1 is 1.00 bits per heavy atom. The molecule has 4 heteroatoms. The molecule has 0 heterocycles. The first-order valence-corrected chi connectivity index (χ1v) is 8.42. The molecule has 130 valence electrons. The van der Waals surface area contributed by atoms with Gasteiger partial charge in [0.15, 0.2) is 0 Å². The highest BCUT2D eigenvalue weighted by atomic mass is 16.5. The van der Waals surface area contributed by atoms with Crippen molar-refractivity contribution in [1.29, 1.82) is 0 Å². The van der Waals surface area contributed by atoms with Crippen molar-refractivity contribution in [3.63, 3.8) is 0 Å². The van der Waals surface area contributed by atoms with E-state index in [-0.39, 0.29) is 0 Å². The van der Waals surface area contributed by atoms with Gasteiger partial charge < -0.3 is 14.6 Å². The van der Waals surface area contributed by atoms with E-state index in [0.717, 1.165) is 31.0 Å². The lowest BCUT2D eigenvalue weighted by molar-refractivity contribution is 0.0656.